The monoisotopic (exact) mass is 301 g/mol. The highest BCUT2D eigenvalue weighted by Gasteiger charge is 2.29. The van der Waals surface area contributed by atoms with E-state index < -0.39 is 9.84 Å². The van der Waals surface area contributed by atoms with Crippen LogP contribution in [0.15, 0.2) is 24.3 Å². The molecule has 0 amide bonds. The van der Waals surface area contributed by atoms with Crippen molar-refractivity contribution in [3.63, 3.8) is 0 Å². The van der Waals surface area contributed by atoms with Crippen LogP contribution in [0.5, 0.6) is 0 Å². The van der Waals surface area contributed by atoms with Gasteiger partial charge in [-0.3, -0.25) is 0 Å². The molecule has 3 nitrogen and oxygen atoms in total. The molecule has 1 saturated heterocycles. The average molecular weight is 302 g/mol. The van der Waals surface area contributed by atoms with Crippen LogP contribution >= 0.6 is 11.6 Å². The van der Waals surface area contributed by atoms with Crippen molar-refractivity contribution in [2.75, 3.05) is 25.4 Å². The Morgan fingerprint density at radius 2 is 2.21 bits per heavy atom. The zero-order chi connectivity index (χ0) is 14.0. The Hall–Kier alpha value is -0.580. The van der Waals surface area contributed by atoms with Crippen LogP contribution in [0.1, 0.15) is 25.3 Å². The van der Waals surface area contributed by atoms with Crippen LogP contribution in [0.25, 0.3) is 0 Å². The van der Waals surface area contributed by atoms with E-state index in [4.69, 9.17) is 11.6 Å². The lowest BCUT2D eigenvalue weighted by Crippen LogP contribution is -2.46. The molecule has 1 aliphatic rings. The van der Waals surface area contributed by atoms with Crippen LogP contribution < -0.4 is 0 Å². The Balaban J connectivity index is 1.99. The van der Waals surface area contributed by atoms with Gasteiger partial charge in [0, 0.05) is 24.7 Å². The molecule has 0 aromatic heterocycles. The molecule has 0 radical (unpaired) electrons. The molecule has 0 unspecified atom stereocenters. The molecule has 1 aromatic carbocycles. The number of nitrogens with zero attached hydrogens (tertiary/aromatic N) is 1. The van der Waals surface area contributed by atoms with E-state index in [1.807, 2.05) is 18.2 Å². The second kappa shape index (κ2) is 5.81. The molecule has 0 saturated carbocycles. The van der Waals surface area contributed by atoms with E-state index in [1.54, 1.807) is 6.92 Å². The smallest absolute Gasteiger partial charge is 0.155 e. The summed E-state index contributed by atoms with van der Waals surface area (Å²) in [5.74, 6) is 0.628. The minimum absolute atomic E-state index is 0.257. The molecule has 1 heterocycles. The van der Waals surface area contributed by atoms with Gasteiger partial charge >= 0.3 is 0 Å². The van der Waals surface area contributed by atoms with Crippen LogP contribution in [0.3, 0.4) is 0 Å². The molecule has 1 fully saturated rings. The lowest BCUT2D eigenvalue weighted by Gasteiger charge is -2.32. The van der Waals surface area contributed by atoms with Crippen LogP contribution in [0, 0.1) is 0 Å². The summed E-state index contributed by atoms with van der Waals surface area (Å²) in [6.45, 7) is 6.09. The summed E-state index contributed by atoms with van der Waals surface area (Å²) in [6, 6.07) is 7.88. The van der Waals surface area contributed by atoms with Gasteiger partial charge in [0.05, 0.1) is 11.0 Å². The molecule has 0 aliphatic carbocycles. The summed E-state index contributed by atoms with van der Waals surface area (Å²) in [7, 11) is -2.86. The first-order chi connectivity index (χ1) is 8.88. The van der Waals surface area contributed by atoms with Crippen molar-refractivity contribution in [1.82, 2.24) is 4.90 Å². The second-order valence-electron chi connectivity index (χ2n) is 5.39. The number of hydrogen-bond acceptors (Lipinski definition) is 3. The van der Waals surface area contributed by atoms with Crippen molar-refractivity contribution < 1.29 is 8.42 Å². The molecule has 0 N–H and O–H groups in total. The van der Waals surface area contributed by atoms with Crippen molar-refractivity contribution >= 4 is 21.4 Å². The van der Waals surface area contributed by atoms with E-state index >= 15 is 0 Å². The fourth-order valence-electron chi connectivity index (χ4n) is 2.50. The third kappa shape index (κ3) is 3.71. The SMILES string of the molecule is C[C@H](CN1CCS(=O)(=O)[C@H](C)C1)c1cccc(Cl)c1. The van der Waals surface area contributed by atoms with Crippen molar-refractivity contribution in [2.45, 2.75) is 25.0 Å². The predicted octanol–water partition coefficient (Wildman–Crippen LogP) is 2.56. The minimum atomic E-state index is -2.86. The zero-order valence-electron chi connectivity index (χ0n) is 11.3. The molecule has 1 aliphatic heterocycles. The Morgan fingerprint density at radius 3 is 2.84 bits per heavy atom. The van der Waals surface area contributed by atoms with E-state index in [9.17, 15) is 8.42 Å². The van der Waals surface area contributed by atoms with Gasteiger partial charge in [-0.15, -0.1) is 0 Å². The molecule has 0 bridgehead atoms. The Bertz CT molecular complexity index is 544. The number of hydrogen-bond donors (Lipinski definition) is 0. The zero-order valence-corrected chi connectivity index (χ0v) is 12.9. The molecule has 2 rings (SSSR count). The number of benzene rings is 1. The van der Waals surface area contributed by atoms with E-state index in [0.717, 1.165) is 11.6 Å². The van der Waals surface area contributed by atoms with Gasteiger partial charge in [0.15, 0.2) is 9.84 Å². The standard InChI is InChI=1S/C14H20ClNO2S/c1-11(13-4-3-5-14(15)8-13)9-16-6-7-19(17,18)12(2)10-16/h3-5,8,11-12H,6-7,9-10H2,1-2H3/t11-,12-/m1/s1. The van der Waals surface area contributed by atoms with E-state index in [-0.39, 0.29) is 11.0 Å². The summed E-state index contributed by atoms with van der Waals surface area (Å²) in [4.78, 5) is 2.23. The van der Waals surface area contributed by atoms with Crippen LogP contribution in [0.2, 0.25) is 5.02 Å². The van der Waals surface area contributed by atoms with Crippen molar-refractivity contribution in [3.05, 3.63) is 34.9 Å². The van der Waals surface area contributed by atoms with Gasteiger partial charge in [-0.1, -0.05) is 30.7 Å². The maximum atomic E-state index is 11.7. The lowest BCUT2D eigenvalue weighted by molar-refractivity contribution is 0.265. The first kappa shape index (κ1) is 14.8. The van der Waals surface area contributed by atoms with Gasteiger partial charge in [0.1, 0.15) is 0 Å². The topological polar surface area (TPSA) is 37.4 Å². The van der Waals surface area contributed by atoms with Gasteiger partial charge in [-0.25, -0.2) is 8.42 Å². The first-order valence-corrected chi connectivity index (χ1v) is 8.67. The maximum Gasteiger partial charge on any atom is 0.155 e. The van der Waals surface area contributed by atoms with Gasteiger partial charge in [0.2, 0.25) is 0 Å². The summed E-state index contributed by atoms with van der Waals surface area (Å²) in [6.07, 6.45) is 0. The van der Waals surface area contributed by atoms with Crippen molar-refractivity contribution in [1.29, 1.82) is 0 Å². The quantitative estimate of drug-likeness (QED) is 0.861. The largest absolute Gasteiger partial charge is 0.300 e. The van der Waals surface area contributed by atoms with E-state index in [0.29, 0.717) is 19.0 Å². The van der Waals surface area contributed by atoms with Crippen LogP contribution in [-0.2, 0) is 9.84 Å². The van der Waals surface area contributed by atoms with Crippen molar-refractivity contribution in [2.24, 2.45) is 0 Å². The molecular formula is C14H20ClNO2S. The number of sulfone groups is 1. The Labute approximate surface area is 120 Å². The highest BCUT2D eigenvalue weighted by atomic mass is 35.5. The highest BCUT2D eigenvalue weighted by Crippen LogP contribution is 2.22. The molecule has 1 aromatic rings. The minimum Gasteiger partial charge on any atom is -0.300 e. The lowest BCUT2D eigenvalue weighted by atomic mass is 10.0. The number of rotatable bonds is 3. The van der Waals surface area contributed by atoms with Crippen LogP contribution in [0.4, 0.5) is 0 Å². The Morgan fingerprint density at radius 1 is 1.47 bits per heavy atom. The third-order valence-electron chi connectivity index (χ3n) is 3.77. The molecule has 0 spiro atoms. The molecule has 19 heavy (non-hydrogen) atoms. The summed E-state index contributed by atoms with van der Waals surface area (Å²) < 4.78 is 23.4. The van der Waals surface area contributed by atoms with Gasteiger partial charge < -0.3 is 4.90 Å². The Kier molecular flexibility index (Phi) is 4.54. The first-order valence-electron chi connectivity index (χ1n) is 6.58. The summed E-state index contributed by atoms with van der Waals surface area (Å²) >= 11 is 6.00. The van der Waals surface area contributed by atoms with Gasteiger partial charge in [0.25, 0.3) is 0 Å². The van der Waals surface area contributed by atoms with Crippen LogP contribution in [-0.4, -0.2) is 44.0 Å². The van der Waals surface area contributed by atoms with Crippen molar-refractivity contribution in [3.8, 4) is 0 Å². The average Bonchev–Trinajstić information content (AvgIpc) is 2.34. The molecule has 5 heteroatoms. The summed E-state index contributed by atoms with van der Waals surface area (Å²) in [5, 5.41) is 0.492. The maximum absolute atomic E-state index is 11.7. The molecular weight excluding hydrogens is 282 g/mol. The van der Waals surface area contributed by atoms with Gasteiger partial charge in [-0.2, -0.15) is 0 Å². The highest BCUT2D eigenvalue weighted by molar-refractivity contribution is 7.92. The second-order valence-corrected chi connectivity index (χ2v) is 8.37. The third-order valence-corrected chi connectivity index (χ3v) is 6.13. The van der Waals surface area contributed by atoms with E-state index in [1.165, 1.54) is 5.56 Å². The molecule has 2 atom stereocenters. The van der Waals surface area contributed by atoms with Gasteiger partial charge in [-0.05, 0) is 30.5 Å². The fourth-order valence-corrected chi connectivity index (χ4v) is 4.05. The normalized spacial score (nSPS) is 25.1. The molecule has 106 valence electrons. The number of halogens is 1. The fraction of sp³-hybridized carbons (Fsp3) is 0.571. The summed E-state index contributed by atoms with van der Waals surface area (Å²) in [5.41, 5.74) is 1.20. The van der Waals surface area contributed by atoms with E-state index in [2.05, 4.69) is 17.9 Å². The predicted molar refractivity (Wildman–Crippen MR) is 79.6 cm³/mol.